The van der Waals surface area contributed by atoms with Crippen molar-refractivity contribution in [1.29, 1.82) is 0 Å². The number of carbonyl (C=O) groups is 2. The maximum Gasteiger partial charge on any atom is 0.335 e. The summed E-state index contributed by atoms with van der Waals surface area (Å²) in [5.41, 5.74) is 7.43. The van der Waals surface area contributed by atoms with Gasteiger partial charge in [-0.05, 0) is 44.2 Å². The topological polar surface area (TPSA) is 92.4 Å². The lowest BCUT2D eigenvalue weighted by molar-refractivity contribution is 0.0696. The molecule has 0 aliphatic rings. The van der Waals surface area contributed by atoms with Crippen molar-refractivity contribution in [3.63, 3.8) is 0 Å². The number of carboxylic acid groups (broad SMARTS) is 1. The molecule has 0 atom stereocenters. The summed E-state index contributed by atoms with van der Waals surface area (Å²) in [6.45, 7) is 3.70. The minimum Gasteiger partial charge on any atom is -0.478 e. The van der Waals surface area contributed by atoms with Crippen molar-refractivity contribution < 1.29 is 14.7 Å². The molecule has 0 fully saturated rings. The van der Waals surface area contributed by atoms with Gasteiger partial charge in [0.2, 0.25) is 0 Å². The van der Waals surface area contributed by atoms with Gasteiger partial charge >= 0.3 is 5.97 Å². The Hall–Kier alpha value is -2.66. The van der Waals surface area contributed by atoms with Crippen molar-refractivity contribution in [3.05, 3.63) is 70.8 Å². The average Bonchev–Trinajstić information content (AvgIpc) is 2.57. The Morgan fingerprint density at radius 2 is 1.15 bits per heavy atom. The highest BCUT2D eigenvalue weighted by atomic mass is 16.4. The van der Waals surface area contributed by atoms with E-state index < -0.39 is 5.97 Å². The average molecular weight is 365 g/mol. The van der Waals surface area contributed by atoms with Crippen LogP contribution in [-0.4, -0.2) is 31.1 Å². The predicted octanol–water partition coefficient (Wildman–Crippen LogP) is 4.53. The summed E-state index contributed by atoms with van der Waals surface area (Å²) in [5.74, 6) is -0.888. The zero-order valence-corrected chi connectivity index (χ0v) is 14.0. The minimum absolute atomic E-state index is 0. The van der Waals surface area contributed by atoms with E-state index in [1.807, 2.05) is 37.3 Å². The summed E-state index contributed by atoms with van der Waals surface area (Å²) in [6.07, 6.45) is 0. The van der Waals surface area contributed by atoms with Gasteiger partial charge in [0.05, 0.1) is 5.56 Å². The lowest BCUT2D eigenvalue weighted by Gasteiger charge is -2.01. The lowest BCUT2D eigenvalue weighted by atomic mass is 10.1. The molecule has 0 bridgehead atoms. The van der Waals surface area contributed by atoms with E-state index in [1.165, 1.54) is 7.05 Å². The number of nitrogens with two attached hydrogens (primary N) is 1. The van der Waals surface area contributed by atoms with E-state index in [0.29, 0.717) is 5.56 Å². The number of nitrogens with one attached hydrogen (secondary N) is 1. The summed E-state index contributed by atoms with van der Waals surface area (Å²) in [4.78, 5) is 21.5. The van der Waals surface area contributed by atoms with Gasteiger partial charge in [-0.2, -0.15) is 0 Å². The highest BCUT2D eigenvalue weighted by Gasteiger charge is 2.04. The fourth-order valence-corrected chi connectivity index (χ4v) is 1.78. The second kappa shape index (κ2) is 17.2. The Morgan fingerprint density at radius 3 is 1.42 bits per heavy atom. The molecule has 0 saturated heterocycles. The predicted molar refractivity (Wildman–Crippen MR) is 113 cm³/mol. The molecule has 148 valence electrons. The number of rotatable bonds is 2. The Balaban J connectivity index is -0.000000154. The van der Waals surface area contributed by atoms with Gasteiger partial charge in [0.25, 0.3) is 5.91 Å². The molecule has 0 aromatic heterocycles. The number of carbonyl (C=O) groups excluding carboxylic acids is 1. The number of hydrogen-bond donors (Lipinski definition) is 3. The molecule has 0 saturated carbocycles. The number of aromatic carboxylic acids is 1. The molecule has 2 rings (SSSR count). The van der Waals surface area contributed by atoms with Gasteiger partial charge in [0, 0.05) is 12.6 Å². The van der Waals surface area contributed by atoms with Crippen LogP contribution in [0.4, 0.5) is 0 Å². The second-order valence-corrected chi connectivity index (χ2v) is 4.51. The van der Waals surface area contributed by atoms with E-state index in [1.54, 1.807) is 32.2 Å². The summed E-state index contributed by atoms with van der Waals surface area (Å²) in [7, 11) is 3.13. The molecule has 0 unspecified atom stereocenters. The number of hydrogen-bond acceptors (Lipinski definition) is 3. The third-order valence-electron chi connectivity index (χ3n) is 2.99. The van der Waals surface area contributed by atoms with E-state index in [2.05, 4.69) is 11.1 Å². The van der Waals surface area contributed by atoms with Crippen molar-refractivity contribution in [2.75, 3.05) is 14.1 Å². The van der Waals surface area contributed by atoms with Gasteiger partial charge < -0.3 is 16.2 Å². The SMILES string of the molecule is C.C.C.CN.CNC(=O)c1ccccc1C.Cc1ccccc1C(=O)O. The van der Waals surface area contributed by atoms with Gasteiger partial charge in [-0.15, -0.1) is 0 Å². The van der Waals surface area contributed by atoms with Gasteiger partial charge in [0.1, 0.15) is 0 Å². The first kappa shape index (κ1) is 31.1. The molecule has 2 aromatic carbocycles. The van der Waals surface area contributed by atoms with Crippen molar-refractivity contribution in [1.82, 2.24) is 5.32 Å². The Bertz CT molecular complexity index is 641. The minimum atomic E-state index is -0.863. The number of benzene rings is 2. The third-order valence-corrected chi connectivity index (χ3v) is 2.99. The Morgan fingerprint density at radius 1 is 0.808 bits per heavy atom. The highest BCUT2D eigenvalue weighted by molar-refractivity contribution is 5.95. The lowest BCUT2D eigenvalue weighted by Crippen LogP contribution is -2.18. The fraction of sp³-hybridized carbons (Fsp3) is 0.333. The summed E-state index contributed by atoms with van der Waals surface area (Å²) >= 11 is 0. The molecule has 0 radical (unpaired) electrons. The molecule has 0 spiro atoms. The van der Waals surface area contributed by atoms with Crippen LogP contribution in [0.25, 0.3) is 0 Å². The van der Waals surface area contributed by atoms with Crippen molar-refractivity contribution in [2.45, 2.75) is 36.1 Å². The number of amides is 1. The van der Waals surface area contributed by atoms with Gasteiger partial charge in [-0.1, -0.05) is 58.7 Å². The molecule has 1 amide bonds. The molecule has 5 nitrogen and oxygen atoms in total. The standard InChI is InChI=1S/C9H11NO.C8H8O2.CH5N.3CH4/c1-7-5-3-4-6-8(7)9(11)10-2;1-6-4-2-3-5-7(6)8(9)10;1-2;;;/h3-6H,1-2H3,(H,10,11);2-5H,1H3,(H,9,10);2H2,1H3;3*1H4. The van der Waals surface area contributed by atoms with Crippen LogP contribution in [0, 0.1) is 13.8 Å². The van der Waals surface area contributed by atoms with E-state index in [0.717, 1.165) is 16.7 Å². The third kappa shape index (κ3) is 10.3. The molecule has 4 N–H and O–H groups in total. The van der Waals surface area contributed by atoms with Crippen LogP contribution in [0.3, 0.4) is 0 Å². The van der Waals surface area contributed by atoms with Crippen molar-refractivity contribution in [3.8, 4) is 0 Å². The largest absolute Gasteiger partial charge is 0.478 e. The van der Waals surface area contributed by atoms with E-state index >= 15 is 0 Å². The highest BCUT2D eigenvalue weighted by Crippen LogP contribution is 2.06. The maximum absolute atomic E-state index is 11.1. The van der Waals surface area contributed by atoms with E-state index in [4.69, 9.17) is 5.11 Å². The molecule has 2 aromatic rings. The summed E-state index contributed by atoms with van der Waals surface area (Å²) in [6, 6.07) is 14.4. The monoisotopic (exact) mass is 364 g/mol. The van der Waals surface area contributed by atoms with Crippen LogP contribution in [0.2, 0.25) is 0 Å². The number of aryl methyl sites for hydroxylation is 2. The smallest absolute Gasteiger partial charge is 0.335 e. The van der Waals surface area contributed by atoms with Crippen molar-refractivity contribution in [2.24, 2.45) is 5.73 Å². The zero-order valence-electron chi connectivity index (χ0n) is 14.0. The molecule has 0 aliphatic carbocycles. The van der Waals surface area contributed by atoms with Gasteiger partial charge in [-0.3, -0.25) is 4.79 Å². The first-order chi connectivity index (χ1) is 11.0. The van der Waals surface area contributed by atoms with Crippen LogP contribution < -0.4 is 11.1 Å². The van der Waals surface area contributed by atoms with Crippen LogP contribution in [0.5, 0.6) is 0 Å². The molecular weight excluding hydrogens is 328 g/mol. The van der Waals surface area contributed by atoms with Gasteiger partial charge in [0.15, 0.2) is 0 Å². The van der Waals surface area contributed by atoms with E-state index in [9.17, 15) is 9.59 Å². The van der Waals surface area contributed by atoms with Crippen LogP contribution in [-0.2, 0) is 0 Å². The first-order valence-corrected chi connectivity index (χ1v) is 7.11. The van der Waals surface area contributed by atoms with Gasteiger partial charge in [-0.25, -0.2) is 4.79 Å². The Kier molecular flexibility index (Phi) is 20.6. The first-order valence-electron chi connectivity index (χ1n) is 7.11. The summed E-state index contributed by atoms with van der Waals surface area (Å²) < 4.78 is 0. The number of carboxylic acids is 1. The molecular formula is C21H36N2O3. The molecule has 0 aliphatic heterocycles. The normalized spacial score (nSPS) is 7.73. The molecule has 5 heteroatoms. The molecule has 26 heavy (non-hydrogen) atoms. The zero-order chi connectivity index (χ0) is 17.8. The maximum atomic E-state index is 11.1. The fourth-order valence-electron chi connectivity index (χ4n) is 1.78. The second-order valence-electron chi connectivity index (χ2n) is 4.51. The van der Waals surface area contributed by atoms with Crippen LogP contribution in [0.15, 0.2) is 48.5 Å². The molecule has 0 heterocycles. The van der Waals surface area contributed by atoms with Crippen LogP contribution in [0.1, 0.15) is 54.1 Å². The quantitative estimate of drug-likeness (QED) is 0.730. The van der Waals surface area contributed by atoms with Crippen molar-refractivity contribution >= 4 is 11.9 Å². The summed E-state index contributed by atoms with van der Waals surface area (Å²) in [5, 5.41) is 11.1. The van der Waals surface area contributed by atoms with Crippen LogP contribution >= 0.6 is 0 Å². The van der Waals surface area contributed by atoms with E-state index in [-0.39, 0.29) is 28.2 Å². The Labute approximate surface area is 159 Å².